The number of carbonyl (C=O) groups excluding carboxylic acids is 2. The van der Waals surface area contributed by atoms with Crippen LogP contribution < -0.4 is 5.32 Å². The normalized spacial score (nSPS) is 14.3. The van der Waals surface area contributed by atoms with Crippen LogP contribution in [-0.2, 0) is 27.0 Å². The number of esters is 1. The van der Waals surface area contributed by atoms with E-state index in [1.165, 1.54) is 19.2 Å². The van der Waals surface area contributed by atoms with E-state index in [0.29, 0.717) is 13.0 Å². The molecule has 26 heavy (non-hydrogen) atoms. The molecule has 5 nitrogen and oxygen atoms in total. The van der Waals surface area contributed by atoms with Crippen molar-refractivity contribution in [2.75, 3.05) is 20.2 Å². The van der Waals surface area contributed by atoms with Crippen molar-refractivity contribution in [3.63, 3.8) is 0 Å². The third kappa shape index (κ3) is 6.33. The molecule has 0 saturated heterocycles. The number of benzene rings is 1. The Morgan fingerprint density at radius 2 is 1.96 bits per heavy atom. The smallest absolute Gasteiger partial charge is 0.416 e. The highest BCUT2D eigenvalue weighted by atomic mass is 19.4. The third-order valence-electron chi connectivity index (χ3n) is 4.21. The highest BCUT2D eigenvalue weighted by Crippen LogP contribution is 2.34. The number of carbonyl (C=O) groups is 2. The van der Waals surface area contributed by atoms with Gasteiger partial charge >= 0.3 is 12.1 Å². The van der Waals surface area contributed by atoms with Gasteiger partial charge in [-0.1, -0.05) is 18.2 Å². The summed E-state index contributed by atoms with van der Waals surface area (Å²) in [5.74, 6) is -0.603. The van der Waals surface area contributed by atoms with Gasteiger partial charge in [0.25, 0.3) is 0 Å². The van der Waals surface area contributed by atoms with Crippen molar-refractivity contribution < 1.29 is 27.5 Å². The van der Waals surface area contributed by atoms with E-state index in [4.69, 9.17) is 0 Å². The molecule has 0 radical (unpaired) electrons. The Bertz CT molecular complexity index is 630. The van der Waals surface area contributed by atoms with E-state index in [9.17, 15) is 22.8 Å². The number of ether oxygens (including phenoxy) is 1. The minimum atomic E-state index is -4.41. The lowest BCUT2D eigenvalue weighted by Gasteiger charge is -2.23. The largest absolute Gasteiger partial charge is 0.469 e. The summed E-state index contributed by atoms with van der Waals surface area (Å²) in [6.45, 7) is 0.441. The van der Waals surface area contributed by atoms with E-state index < -0.39 is 11.7 Å². The molecule has 0 atom stereocenters. The van der Waals surface area contributed by atoms with E-state index in [2.05, 4.69) is 10.1 Å². The van der Waals surface area contributed by atoms with Gasteiger partial charge in [-0.05, 0) is 30.9 Å². The second-order valence-electron chi connectivity index (χ2n) is 6.32. The molecule has 1 aromatic carbocycles. The number of halogens is 3. The number of alkyl halides is 3. The van der Waals surface area contributed by atoms with Gasteiger partial charge in [0.2, 0.25) is 5.91 Å². The number of hydrogen-bond donors (Lipinski definition) is 1. The van der Waals surface area contributed by atoms with Crippen LogP contribution in [0.3, 0.4) is 0 Å². The maximum Gasteiger partial charge on any atom is 0.416 e. The molecule has 1 aliphatic rings. The van der Waals surface area contributed by atoms with Crippen LogP contribution in [0.25, 0.3) is 0 Å². The van der Waals surface area contributed by atoms with E-state index in [1.54, 1.807) is 11.0 Å². The first-order chi connectivity index (χ1) is 12.3. The summed E-state index contributed by atoms with van der Waals surface area (Å²) in [6.07, 6.45) is -1.99. The fraction of sp³-hybridized carbons (Fsp3) is 0.556. The Hall–Kier alpha value is -2.09. The SMILES string of the molecule is COC(=O)CCCNC(=O)CN(Cc1ccccc1C(F)(F)F)C1CC1. The summed E-state index contributed by atoms with van der Waals surface area (Å²) >= 11 is 0. The number of rotatable bonds is 9. The van der Waals surface area contributed by atoms with Gasteiger partial charge in [-0.25, -0.2) is 0 Å². The lowest BCUT2D eigenvalue weighted by molar-refractivity contribution is -0.141. The van der Waals surface area contributed by atoms with Gasteiger partial charge in [0.05, 0.1) is 19.2 Å². The van der Waals surface area contributed by atoms with Gasteiger partial charge in [0, 0.05) is 25.6 Å². The number of amides is 1. The van der Waals surface area contributed by atoms with Crippen molar-refractivity contribution in [1.82, 2.24) is 10.2 Å². The quantitative estimate of drug-likeness (QED) is 0.535. The molecule has 1 amide bonds. The van der Waals surface area contributed by atoms with Crippen molar-refractivity contribution in [1.29, 1.82) is 0 Å². The molecule has 2 rings (SSSR count). The molecule has 1 aliphatic carbocycles. The highest BCUT2D eigenvalue weighted by molar-refractivity contribution is 5.78. The summed E-state index contributed by atoms with van der Waals surface area (Å²) in [5.41, 5.74) is -0.491. The van der Waals surface area contributed by atoms with Crippen molar-refractivity contribution in [2.45, 2.75) is 44.4 Å². The molecule has 8 heteroatoms. The summed E-state index contributed by atoms with van der Waals surface area (Å²) < 4.78 is 43.9. The molecule has 1 fully saturated rings. The molecule has 144 valence electrons. The van der Waals surface area contributed by atoms with Gasteiger partial charge in [-0.3, -0.25) is 14.5 Å². The summed E-state index contributed by atoms with van der Waals surface area (Å²) in [4.78, 5) is 24.9. The topological polar surface area (TPSA) is 58.6 Å². The molecule has 0 aliphatic heterocycles. The van der Waals surface area contributed by atoms with Crippen LogP contribution in [0, 0.1) is 0 Å². The maximum absolute atomic E-state index is 13.1. The molecule has 0 unspecified atom stereocenters. The van der Waals surface area contributed by atoms with E-state index >= 15 is 0 Å². The van der Waals surface area contributed by atoms with E-state index in [1.807, 2.05) is 0 Å². The molecule has 0 bridgehead atoms. The van der Waals surface area contributed by atoms with Gasteiger partial charge < -0.3 is 10.1 Å². The number of nitrogens with zero attached hydrogens (tertiary/aromatic N) is 1. The summed E-state index contributed by atoms with van der Waals surface area (Å²) in [7, 11) is 1.30. The Morgan fingerprint density at radius 3 is 2.58 bits per heavy atom. The first-order valence-electron chi connectivity index (χ1n) is 8.54. The maximum atomic E-state index is 13.1. The second-order valence-corrected chi connectivity index (χ2v) is 6.32. The third-order valence-corrected chi connectivity index (χ3v) is 4.21. The molecule has 0 heterocycles. The first-order valence-corrected chi connectivity index (χ1v) is 8.54. The van der Waals surface area contributed by atoms with Crippen LogP contribution in [0.1, 0.15) is 36.8 Å². The zero-order chi connectivity index (χ0) is 19.2. The van der Waals surface area contributed by atoms with Gasteiger partial charge in [0.15, 0.2) is 0 Å². The zero-order valence-corrected chi connectivity index (χ0v) is 14.6. The highest BCUT2D eigenvalue weighted by Gasteiger charge is 2.35. The van der Waals surface area contributed by atoms with E-state index in [-0.39, 0.29) is 43.0 Å². The summed E-state index contributed by atoms with van der Waals surface area (Å²) in [5, 5.41) is 2.70. The number of nitrogens with one attached hydrogen (secondary N) is 1. The van der Waals surface area contributed by atoms with E-state index in [0.717, 1.165) is 18.9 Å². The molecule has 0 spiro atoms. The Kier molecular flexibility index (Phi) is 7.02. The lowest BCUT2D eigenvalue weighted by atomic mass is 10.1. The fourth-order valence-electron chi connectivity index (χ4n) is 2.71. The van der Waals surface area contributed by atoms with Crippen LogP contribution in [-0.4, -0.2) is 43.0 Å². The standard InChI is InChI=1S/C18H23F3N2O3/c1-26-17(25)7-4-10-22-16(24)12-23(14-8-9-14)11-13-5-2-3-6-15(13)18(19,20)21/h2-3,5-6,14H,4,7-12H2,1H3,(H,22,24). The molecule has 1 aromatic rings. The van der Waals surface area contributed by atoms with Crippen LogP contribution in [0.5, 0.6) is 0 Å². The average molecular weight is 372 g/mol. The van der Waals surface area contributed by atoms with Crippen molar-refractivity contribution in [3.05, 3.63) is 35.4 Å². The van der Waals surface area contributed by atoms with Gasteiger partial charge in [0.1, 0.15) is 0 Å². The monoisotopic (exact) mass is 372 g/mol. The fourth-order valence-corrected chi connectivity index (χ4v) is 2.71. The van der Waals surface area contributed by atoms with Crippen LogP contribution in [0.4, 0.5) is 13.2 Å². The molecular formula is C18H23F3N2O3. The van der Waals surface area contributed by atoms with Crippen LogP contribution >= 0.6 is 0 Å². The zero-order valence-electron chi connectivity index (χ0n) is 14.6. The van der Waals surface area contributed by atoms with Crippen LogP contribution in [0.2, 0.25) is 0 Å². The lowest BCUT2D eigenvalue weighted by Crippen LogP contribution is -2.38. The molecule has 1 N–H and O–H groups in total. The molecular weight excluding hydrogens is 349 g/mol. The van der Waals surface area contributed by atoms with Crippen molar-refractivity contribution in [2.24, 2.45) is 0 Å². The second kappa shape index (κ2) is 9.02. The number of hydrogen-bond acceptors (Lipinski definition) is 4. The first kappa shape index (κ1) is 20.2. The molecule has 0 aromatic heterocycles. The molecule has 1 saturated carbocycles. The van der Waals surface area contributed by atoms with Gasteiger partial charge in [-0.15, -0.1) is 0 Å². The Labute approximate surface area is 150 Å². The minimum absolute atomic E-state index is 0.0368. The Balaban J connectivity index is 1.90. The van der Waals surface area contributed by atoms with Crippen molar-refractivity contribution in [3.8, 4) is 0 Å². The minimum Gasteiger partial charge on any atom is -0.469 e. The van der Waals surface area contributed by atoms with Crippen LogP contribution in [0.15, 0.2) is 24.3 Å². The van der Waals surface area contributed by atoms with Gasteiger partial charge in [-0.2, -0.15) is 13.2 Å². The predicted molar refractivity (Wildman–Crippen MR) is 89.1 cm³/mol. The Morgan fingerprint density at radius 1 is 1.27 bits per heavy atom. The predicted octanol–water partition coefficient (Wildman–Crippen LogP) is 2.74. The summed E-state index contributed by atoms with van der Waals surface area (Å²) in [6, 6.07) is 5.58. The average Bonchev–Trinajstić information content (AvgIpc) is 3.42. The van der Waals surface area contributed by atoms with Crippen molar-refractivity contribution >= 4 is 11.9 Å². The number of methoxy groups -OCH3 is 1.